The Morgan fingerprint density at radius 3 is 2.67 bits per heavy atom. The standard InChI is InChI=1S/C13H14Cl2N2O/c1-2-3-13-9(8-18)7-16-17(13)10-4-5-11(14)12(15)6-10/h4-7,18H,2-3,8H2,1H3. The van der Waals surface area contributed by atoms with E-state index in [2.05, 4.69) is 12.0 Å². The van der Waals surface area contributed by atoms with Gasteiger partial charge < -0.3 is 5.11 Å². The van der Waals surface area contributed by atoms with Gasteiger partial charge in [0.2, 0.25) is 0 Å². The predicted molar refractivity (Wildman–Crippen MR) is 73.5 cm³/mol. The molecule has 0 unspecified atom stereocenters. The lowest BCUT2D eigenvalue weighted by Crippen LogP contribution is -2.03. The molecule has 0 bridgehead atoms. The summed E-state index contributed by atoms with van der Waals surface area (Å²) in [6, 6.07) is 5.38. The summed E-state index contributed by atoms with van der Waals surface area (Å²) in [5, 5.41) is 14.6. The van der Waals surface area contributed by atoms with E-state index in [1.165, 1.54) is 0 Å². The molecule has 0 atom stereocenters. The van der Waals surface area contributed by atoms with E-state index >= 15 is 0 Å². The molecule has 0 fully saturated rings. The molecule has 0 aliphatic rings. The van der Waals surface area contributed by atoms with Crippen LogP contribution in [-0.4, -0.2) is 14.9 Å². The highest BCUT2D eigenvalue weighted by atomic mass is 35.5. The first-order valence-electron chi connectivity index (χ1n) is 5.79. The maximum atomic E-state index is 9.30. The van der Waals surface area contributed by atoms with E-state index in [1.807, 2.05) is 6.07 Å². The molecule has 18 heavy (non-hydrogen) atoms. The second-order valence-corrected chi connectivity index (χ2v) is 4.85. The van der Waals surface area contributed by atoms with Crippen LogP contribution in [-0.2, 0) is 13.0 Å². The van der Waals surface area contributed by atoms with Crippen molar-refractivity contribution in [3.8, 4) is 5.69 Å². The average molecular weight is 285 g/mol. The summed E-state index contributed by atoms with van der Waals surface area (Å²) in [5.41, 5.74) is 2.72. The lowest BCUT2D eigenvalue weighted by molar-refractivity contribution is 0.280. The van der Waals surface area contributed by atoms with Gasteiger partial charge in [-0.15, -0.1) is 0 Å². The van der Waals surface area contributed by atoms with Crippen molar-refractivity contribution < 1.29 is 5.11 Å². The van der Waals surface area contributed by atoms with Crippen LogP contribution in [0.3, 0.4) is 0 Å². The molecule has 2 rings (SSSR count). The van der Waals surface area contributed by atoms with Crippen molar-refractivity contribution in [1.29, 1.82) is 0 Å². The van der Waals surface area contributed by atoms with Gasteiger partial charge in [-0.3, -0.25) is 0 Å². The number of aromatic nitrogens is 2. The molecule has 0 spiro atoms. The Morgan fingerprint density at radius 2 is 2.06 bits per heavy atom. The van der Waals surface area contributed by atoms with Gasteiger partial charge in [-0.2, -0.15) is 5.10 Å². The maximum Gasteiger partial charge on any atom is 0.0715 e. The van der Waals surface area contributed by atoms with Crippen molar-refractivity contribution in [2.75, 3.05) is 0 Å². The van der Waals surface area contributed by atoms with Crippen LogP contribution in [0.2, 0.25) is 10.0 Å². The van der Waals surface area contributed by atoms with Gasteiger partial charge in [-0.05, 0) is 24.6 Å². The van der Waals surface area contributed by atoms with E-state index in [1.54, 1.807) is 23.0 Å². The largest absolute Gasteiger partial charge is 0.392 e. The van der Waals surface area contributed by atoms with Gasteiger partial charge in [0, 0.05) is 11.3 Å². The Bertz CT molecular complexity index is 552. The molecule has 96 valence electrons. The summed E-state index contributed by atoms with van der Waals surface area (Å²) in [7, 11) is 0. The van der Waals surface area contributed by atoms with E-state index < -0.39 is 0 Å². The molecule has 0 amide bonds. The van der Waals surface area contributed by atoms with Crippen molar-refractivity contribution in [2.45, 2.75) is 26.4 Å². The molecular weight excluding hydrogens is 271 g/mol. The summed E-state index contributed by atoms with van der Waals surface area (Å²) in [6.45, 7) is 2.09. The third kappa shape index (κ3) is 2.53. The fourth-order valence-electron chi connectivity index (χ4n) is 1.88. The number of halogens is 2. The molecule has 0 aliphatic heterocycles. The molecule has 0 saturated carbocycles. The highest BCUT2D eigenvalue weighted by Gasteiger charge is 2.11. The van der Waals surface area contributed by atoms with Crippen LogP contribution in [0.15, 0.2) is 24.4 Å². The summed E-state index contributed by atoms with van der Waals surface area (Å²) < 4.78 is 1.80. The number of benzene rings is 1. The molecule has 1 aromatic carbocycles. The predicted octanol–water partition coefficient (Wildman–Crippen LogP) is 3.62. The quantitative estimate of drug-likeness (QED) is 0.931. The van der Waals surface area contributed by atoms with Crippen molar-refractivity contribution in [3.05, 3.63) is 45.7 Å². The van der Waals surface area contributed by atoms with E-state index in [0.29, 0.717) is 10.0 Å². The van der Waals surface area contributed by atoms with Gasteiger partial charge in [0.1, 0.15) is 0 Å². The average Bonchev–Trinajstić information content (AvgIpc) is 2.76. The number of hydrogen-bond donors (Lipinski definition) is 1. The van der Waals surface area contributed by atoms with Gasteiger partial charge in [0.15, 0.2) is 0 Å². The maximum absolute atomic E-state index is 9.30. The monoisotopic (exact) mass is 284 g/mol. The summed E-state index contributed by atoms with van der Waals surface area (Å²) >= 11 is 11.9. The van der Waals surface area contributed by atoms with Crippen LogP contribution in [0.1, 0.15) is 24.6 Å². The molecule has 1 aromatic heterocycles. The van der Waals surface area contributed by atoms with Gasteiger partial charge >= 0.3 is 0 Å². The van der Waals surface area contributed by atoms with Gasteiger partial charge in [0.25, 0.3) is 0 Å². The van der Waals surface area contributed by atoms with E-state index in [0.717, 1.165) is 29.8 Å². The van der Waals surface area contributed by atoms with Gasteiger partial charge in [-0.25, -0.2) is 4.68 Å². The Hall–Kier alpha value is -1.03. The summed E-state index contributed by atoms with van der Waals surface area (Å²) in [4.78, 5) is 0. The van der Waals surface area contributed by atoms with Crippen molar-refractivity contribution in [1.82, 2.24) is 9.78 Å². The molecule has 0 saturated heterocycles. The normalized spacial score (nSPS) is 10.9. The summed E-state index contributed by atoms with van der Waals surface area (Å²) in [5.74, 6) is 0. The van der Waals surface area contributed by atoms with E-state index in [4.69, 9.17) is 23.2 Å². The zero-order valence-electron chi connectivity index (χ0n) is 10.0. The highest BCUT2D eigenvalue weighted by molar-refractivity contribution is 6.42. The molecule has 0 radical (unpaired) electrons. The number of aliphatic hydroxyl groups is 1. The third-order valence-electron chi connectivity index (χ3n) is 2.76. The molecule has 0 aliphatic carbocycles. The van der Waals surface area contributed by atoms with Gasteiger partial charge in [0.05, 0.1) is 28.5 Å². The Morgan fingerprint density at radius 1 is 1.28 bits per heavy atom. The summed E-state index contributed by atoms with van der Waals surface area (Å²) in [6.07, 6.45) is 3.53. The lowest BCUT2D eigenvalue weighted by atomic mass is 10.1. The van der Waals surface area contributed by atoms with Crippen molar-refractivity contribution in [2.24, 2.45) is 0 Å². The number of aliphatic hydroxyl groups excluding tert-OH is 1. The van der Waals surface area contributed by atoms with Crippen LogP contribution in [0.25, 0.3) is 5.69 Å². The van der Waals surface area contributed by atoms with Crippen molar-refractivity contribution in [3.63, 3.8) is 0 Å². The first kappa shape index (κ1) is 13.4. The molecule has 1 heterocycles. The van der Waals surface area contributed by atoms with E-state index in [9.17, 15) is 5.11 Å². The SMILES string of the molecule is CCCc1c(CO)cnn1-c1ccc(Cl)c(Cl)c1. The van der Waals surface area contributed by atoms with Crippen LogP contribution < -0.4 is 0 Å². The minimum atomic E-state index is -0.00332. The first-order valence-corrected chi connectivity index (χ1v) is 6.55. The van der Waals surface area contributed by atoms with Crippen molar-refractivity contribution >= 4 is 23.2 Å². The minimum Gasteiger partial charge on any atom is -0.392 e. The molecule has 2 aromatic rings. The van der Waals surface area contributed by atoms with Gasteiger partial charge in [-0.1, -0.05) is 36.5 Å². The van der Waals surface area contributed by atoms with Crippen LogP contribution >= 0.6 is 23.2 Å². The molecule has 3 nitrogen and oxygen atoms in total. The molecule has 1 N–H and O–H groups in total. The van der Waals surface area contributed by atoms with Crippen LogP contribution in [0, 0.1) is 0 Å². The fourth-order valence-corrected chi connectivity index (χ4v) is 2.17. The first-order chi connectivity index (χ1) is 8.67. The number of hydrogen-bond acceptors (Lipinski definition) is 2. The molecule has 5 heteroatoms. The highest BCUT2D eigenvalue weighted by Crippen LogP contribution is 2.25. The van der Waals surface area contributed by atoms with Crippen LogP contribution in [0.4, 0.5) is 0 Å². The lowest BCUT2D eigenvalue weighted by Gasteiger charge is -2.09. The number of nitrogens with zero attached hydrogens (tertiary/aromatic N) is 2. The van der Waals surface area contributed by atoms with E-state index in [-0.39, 0.29) is 6.61 Å². The van der Waals surface area contributed by atoms with Crippen LogP contribution in [0.5, 0.6) is 0 Å². The second-order valence-electron chi connectivity index (χ2n) is 4.03. The smallest absolute Gasteiger partial charge is 0.0715 e. The fraction of sp³-hybridized carbons (Fsp3) is 0.308. The second kappa shape index (κ2) is 5.74. The minimum absolute atomic E-state index is 0.00332. The Labute approximate surface area is 116 Å². The Kier molecular flexibility index (Phi) is 4.27. The third-order valence-corrected chi connectivity index (χ3v) is 3.50. The number of rotatable bonds is 4. The Balaban J connectivity index is 2.49. The zero-order valence-corrected chi connectivity index (χ0v) is 11.5. The topological polar surface area (TPSA) is 38.1 Å². The molecular formula is C13H14Cl2N2O. The zero-order chi connectivity index (χ0) is 13.1.